The van der Waals surface area contributed by atoms with Gasteiger partial charge in [0.2, 0.25) is 0 Å². The van der Waals surface area contributed by atoms with E-state index >= 15 is 0 Å². The Morgan fingerprint density at radius 3 is 2.61 bits per heavy atom. The first-order valence-electron chi connectivity index (χ1n) is 10.8. The van der Waals surface area contributed by atoms with Crippen LogP contribution in [0.1, 0.15) is 36.2 Å². The fourth-order valence-corrected chi connectivity index (χ4v) is 4.38. The standard InChI is InChI=1S/C26H25N3O2S2/c1-4-17(3)31-20-13-11-18(12-14-20)24(30)29-26(32)28-22-15-19(10-9-16(22)2)25-27-21-7-5-6-8-23(21)33-25/h5-15,17H,4H2,1-3H3,(H2,28,29,30,32)/t17-/m0/s1. The first kappa shape index (κ1) is 22.9. The zero-order valence-corrected chi connectivity index (χ0v) is 20.3. The van der Waals surface area contributed by atoms with Gasteiger partial charge in [0.1, 0.15) is 10.8 Å². The number of amides is 1. The van der Waals surface area contributed by atoms with Gasteiger partial charge in [-0.25, -0.2) is 4.98 Å². The molecule has 0 aliphatic heterocycles. The number of rotatable bonds is 6. The topological polar surface area (TPSA) is 63.2 Å². The van der Waals surface area contributed by atoms with Gasteiger partial charge in [0.05, 0.1) is 16.3 Å². The van der Waals surface area contributed by atoms with Gasteiger partial charge in [0, 0.05) is 16.8 Å². The third-order valence-electron chi connectivity index (χ3n) is 5.28. The quantitative estimate of drug-likeness (QED) is 0.309. The molecule has 2 N–H and O–H groups in total. The monoisotopic (exact) mass is 475 g/mol. The number of carbonyl (C=O) groups is 1. The maximum absolute atomic E-state index is 12.6. The van der Waals surface area contributed by atoms with Gasteiger partial charge in [-0.05, 0) is 80.5 Å². The van der Waals surface area contributed by atoms with E-state index in [0.29, 0.717) is 5.56 Å². The van der Waals surface area contributed by atoms with Gasteiger partial charge < -0.3 is 10.1 Å². The van der Waals surface area contributed by atoms with Crippen LogP contribution in [0.5, 0.6) is 5.75 Å². The Morgan fingerprint density at radius 2 is 1.88 bits per heavy atom. The maximum Gasteiger partial charge on any atom is 0.257 e. The third-order valence-corrected chi connectivity index (χ3v) is 6.57. The van der Waals surface area contributed by atoms with Crippen LogP contribution in [0.4, 0.5) is 5.69 Å². The predicted molar refractivity (Wildman–Crippen MR) is 140 cm³/mol. The van der Waals surface area contributed by atoms with Gasteiger partial charge in [-0.15, -0.1) is 11.3 Å². The lowest BCUT2D eigenvalue weighted by molar-refractivity contribution is 0.0977. The highest BCUT2D eigenvalue weighted by Crippen LogP contribution is 2.32. The second-order valence-corrected chi connectivity index (χ2v) is 9.22. The fourth-order valence-electron chi connectivity index (χ4n) is 3.21. The highest BCUT2D eigenvalue weighted by atomic mass is 32.1. The summed E-state index contributed by atoms with van der Waals surface area (Å²) in [6.45, 7) is 6.07. The number of nitrogens with zero attached hydrogens (tertiary/aromatic N) is 1. The average molecular weight is 476 g/mol. The van der Waals surface area contributed by atoms with Crippen molar-refractivity contribution in [1.29, 1.82) is 0 Å². The lowest BCUT2D eigenvalue weighted by Gasteiger charge is -2.14. The zero-order chi connectivity index (χ0) is 23.4. The van der Waals surface area contributed by atoms with Gasteiger partial charge in [-0.3, -0.25) is 10.1 Å². The van der Waals surface area contributed by atoms with Crippen LogP contribution >= 0.6 is 23.6 Å². The number of ether oxygens (including phenoxy) is 1. The lowest BCUT2D eigenvalue weighted by Crippen LogP contribution is -2.34. The summed E-state index contributed by atoms with van der Waals surface area (Å²) in [6.07, 6.45) is 1.05. The van der Waals surface area contributed by atoms with Crippen LogP contribution in [0.3, 0.4) is 0 Å². The number of carbonyl (C=O) groups excluding carboxylic acids is 1. The molecule has 1 amide bonds. The van der Waals surface area contributed by atoms with E-state index < -0.39 is 0 Å². The Bertz CT molecular complexity index is 1270. The van der Waals surface area contributed by atoms with Gasteiger partial charge in [-0.1, -0.05) is 31.2 Å². The first-order chi connectivity index (χ1) is 15.9. The second-order valence-electron chi connectivity index (χ2n) is 7.79. The average Bonchev–Trinajstić information content (AvgIpc) is 3.25. The Hall–Kier alpha value is -3.29. The molecule has 7 heteroatoms. The number of thiazole rings is 1. The van der Waals surface area contributed by atoms with E-state index in [1.807, 2.05) is 50.2 Å². The normalized spacial score (nSPS) is 11.7. The lowest BCUT2D eigenvalue weighted by atomic mass is 10.1. The van der Waals surface area contributed by atoms with Crippen molar-refractivity contribution in [3.63, 3.8) is 0 Å². The Balaban J connectivity index is 1.43. The minimum absolute atomic E-state index is 0.128. The smallest absolute Gasteiger partial charge is 0.257 e. The van der Waals surface area contributed by atoms with E-state index in [0.717, 1.165) is 44.2 Å². The van der Waals surface area contributed by atoms with Crippen LogP contribution in [0.25, 0.3) is 20.8 Å². The molecule has 3 aromatic carbocycles. The molecule has 0 saturated carbocycles. The van der Waals surface area contributed by atoms with E-state index in [1.54, 1.807) is 35.6 Å². The number of hydrogen-bond acceptors (Lipinski definition) is 5. The number of aromatic nitrogens is 1. The van der Waals surface area contributed by atoms with Crippen LogP contribution in [0.2, 0.25) is 0 Å². The molecule has 0 aliphatic carbocycles. The number of anilines is 1. The van der Waals surface area contributed by atoms with E-state index in [9.17, 15) is 4.79 Å². The minimum atomic E-state index is -0.275. The van der Waals surface area contributed by atoms with Gasteiger partial charge >= 0.3 is 0 Å². The van der Waals surface area contributed by atoms with Crippen LogP contribution in [-0.4, -0.2) is 22.1 Å². The summed E-state index contributed by atoms with van der Waals surface area (Å²) in [5, 5.41) is 7.08. The summed E-state index contributed by atoms with van der Waals surface area (Å²) in [5.41, 5.74) is 4.33. The van der Waals surface area contributed by atoms with E-state index in [2.05, 4.69) is 23.6 Å². The van der Waals surface area contributed by atoms with Crippen molar-refractivity contribution in [2.24, 2.45) is 0 Å². The Morgan fingerprint density at radius 1 is 1.12 bits per heavy atom. The molecule has 1 heterocycles. The second kappa shape index (κ2) is 10.1. The maximum atomic E-state index is 12.6. The molecular weight excluding hydrogens is 450 g/mol. The van der Waals surface area contributed by atoms with Crippen molar-refractivity contribution in [2.75, 3.05) is 5.32 Å². The van der Waals surface area contributed by atoms with Crippen molar-refractivity contribution >= 4 is 50.5 Å². The van der Waals surface area contributed by atoms with Crippen LogP contribution in [0, 0.1) is 6.92 Å². The predicted octanol–water partition coefficient (Wildman–Crippen LogP) is 6.58. The molecule has 0 saturated heterocycles. The fraction of sp³-hybridized carbons (Fsp3) is 0.192. The molecule has 1 aromatic heterocycles. The van der Waals surface area contributed by atoms with Crippen LogP contribution in [0.15, 0.2) is 66.7 Å². The van der Waals surface area contributed by atoms with E-state index in [-0.39, 0.29) is 17.1 Å². The molecule has 0 radical (unpaired) electrons. The molecular formula is C26H25N3O2S2. The summed E-state index contributed by atoms with van der Waals surface area (Å²) in [4.78, 5) is 17.3. The van der Waals surface area contributed by atoms with Crippen molar-refractivity contribution in [1.82, 2.24) is 10.3 Å². The first-order valence-corrected chi connectivity index (χ1v) is 12.0. The number of para-hydroxylation sites is 1. The van der Waals surface area contributed by atoms with Crippen LogP contribution in [-0.2, 0) is 0 Å². The summed E-state index contributed by atoms with van der Waals surface area (Å²) < 4.78 is 6.91. The Labute approximate surface area is 202 Å². The molecule has 0 bridgehead atoms. The number of nitrogens with one attached hydrogen (secondary N) is 2. The number of benzene rings is 3. The number of thiocarbonyl (C=S) groups is 1. The molecule has 4 rings (SSSR count). The van der Waals surface area contributed by atoms with Gasteiger partial charge in [0.15, 0.2) is 5.11 Å². The largest absolute Gasteiger partial charge is 0.491 e. The van der Waals surface area contributed by atoms with Crippen LogP contribution < -0.4 is 15.4 Å². The molecule has 168 valence electrons. The minimum Gasteiger partial charge on any atom is -0.491 e. The van der Waals surface area contributed by atoms with Gasteiger partial charge in [-0.2, -0.15) is 0 Å². The van der Waals surface area contributed by atoms with Crippen molar-refractivity contribution in [2.45, 2.75) is 33.3 Å². The third kappa shape index (κ3) is 5.56. The summed E-state index contributed by atoms with van der Waals surface area (Å²) in [6, 6.07) is 21.2. The van der Waals surface area contributed by atoms with E-state index in [4.69, 9.17) is 21.9 Å². The zero-order valence-electron chi connectivity index (χ0n) is 18.7. The molecule has 4 aromatic rings. The van der Waals surface area contributed by atoms with E-state index in [1.165, 1.54) is 0 Å². The van der Waals surface area contributed by atoms with Crippen molar-refractivity contribution in [3.05, 3.63) is 77.9 Å². The number of aryl methyl sites for hydroxylation is 1. The molecule has 0 fully saturated rings. The van der Waals surface area contributed by atoms with Crippen molar-refractivity contribution in [3.8, 4) is 16.3 Å². The SMILES string of the molecule is CC[C@H](C)Oc1ccc(C(=O)NC(=S)Nc2cc(-c3nc4ccccc4s3)ccc2C)cc1. The van der Waals surface area contributed by atoms with Crippen molar-refractivity contribution < 1.29 is 9.53 Å². The molecule has 5 nitrogen and oxygen atoms in total. The highest BCUT2D eigenvalue weighted by molar-refractivity contribution is 7.80. The summed E-state index contributed by atoms with van der Waals surface area (Å²) in [7, 11) is 0. The number of fused-ring (bicyclic) bond motifs is 1. The number of hydrogen-bond donors (Lipinski definition) is 2. The summed E-state index contributed by atoms with van der Waals surface area (Å²) >= 11 is 7.05. The molecule has 33 heavy (non-hydrogen) atoms. The summed E-state index contributed by atoms with van der Waals surface area (Å²) in [5.74, 6) is 0.464. The Kier molecular flexibility index (Phi) is 7.01. The molecule has 0 aliphatic rings. The molecule has 0 spiro atoms. The highest BCUT2D eigenvalue weighted by Gasteiger charge is 2.12. The van der Waals surface area contributed by atoms with Gasteiger partial charge in [0.25, 0.3) is 5.91 Å². The molecule has 0 unspecified atom stereocenters. The molecule has 1 atom stereocenters.